The summed E-state index contributed by atoms with van der Waals surface area (Å²) < 4.78 is 24.4. The third-order valence-corrected chi connectivity index (χ3v) is 3.51. The summed E-state index contributed by atoms with van der Waals surface area (Å²) >= 11 is 0. The fourth-order valence-electron chi connectivity index (χ4n) is 2.30. The molecule has 3 nitrogen and oxygen atoms in total. The SMILES string of the molecule is CNC(Cc1ccccc1F)c1cc(OC)cc(OC)c1. The molecule has 2 rings (SSSR count). The highest BCUT2D eigenvalue weighted by molar-refractivity contribution is 5.40. The Morgan fingerprint density at radius 1 is 1.05 bits per heavy atom. The molecule has 0 saturated carbocycles. The highest BCUT2D eigenvalue weighted by Crippen LogP contribution is 2.28. The van der Waals surface area contributed by atoms with E-state index in [9.17, 15) is 4.39 Å². The van der Waals surface area contributed by atoms with E-state index in [4.69, 9.17) is 9.47 Å². The van der Waals surface area contributed by atoms with Crippen molar-refractivity contribution in [1.82, 2.24) is 5.32 Å². The van der Waals surface area contributed by atoms with Gasteiger partial charge in [-0.1, -0.05) is 18.2 Å². The lowest BCUT2D eigenvalue weighted by molar-refractivity contribution is 0.391. The first-order valence-electron chi connectivity index (χ1n) is 6.81. The molecule has 2 aromatic rings. The summed E-state index contributed by atoms with van der Waals surface area (Å²) in [7, 11) is 5.09. The Morgan fingerprint density at radius 2 is 1.67 bits per heavy atom. The van der Waals surface area contributed by atoms with E-state index >= 15 is 0 Å². The number of ether oxygens (including phenoxy) is 2. The van der Waals surface area contributed by atoms with E-state index in [1.807, 2.05) is 31.3 Å². The van der Waals surface area contributed by atoms with Crippen molar-refractivity contribution in [2.24, 2.45) is 0 Å². The van der Waals surface area contributed by atoms with E-state index in [-0.39, 0.29) is 11.9 Å². The van der Waals surface area contributed by atoms with Crippen molar-refractivity contribution in [3.63, 3.8) is 0 Å². The van der Waals surface area contributed by atoms with Gasteiger partial charge in [0.05, 0.1) is 14.2 Å². The standard InChI is InChI=1S/C17H20FNO2/c1-19-17(10-12-6-4-5-7-16(12)18)13-8-14(20-2)11-15(9-13)21-3/h4-9,11,17,19H,10H2,1-3H3. The first kappa shape index (κ1) is 15.3. The maximum absolute atomic E-state index is 13.8. The molecule has 112 valence electrons. The molecule has 0 aromatic heterocycles. The van der Waals surface area contributed by atoms with Crippen LogP contribution in [0.5, 0.6) is 11.5 Å². The Kier molecular flexibility index (Phi) is 5.17. The van der Waals surface area contributed by atoms with Crippen LogP contribution < -0.4 is 14.8 Å². The fraction of sp³-hybridized carbons (Fsp3) is 0.294. The number of rotatable bonds is 6. The summed E-state index contributed by atoms with van der Waals surface area (Å²) in [5, 5.41) is 3.22. The molecule has 0 fully saturated rings. The van der Waals surface area contributed by atoms with E-state index in [0.717, 1.165) is 17.1 Å². The van der Waals surface area contributed by atoms with Gasteiger partial charge in [-0.25, -0.2) is 4.39 Å². The molecular weight excluding hydrogens is 269 g/mol. The third-order valence-electron chi connectivity index (χ3n) is 3.51. The predicted octanol–water partition coefficient (Wildman–Crippen LogP) is 3.35. The maximum atomic E-state index is 13.8. The predicted molar refractivity (Wildman–Crippen MR) is 81.5 cm³/mol. The zero-order valence-corrected chi connectivity index (χ0v) is 12.5. The highest BCUT2D eigenvalue weighted by atomic mass is 19.1. The van der Waals surface area contributed by atoms with Crippen LogP contribution >= 0.6 is 0 Å². The first-order chi connectivity index (χ1) is 10.2. The summed E-state index contributed by atoms with van der Waals surface area (Å²) in [4.78, 5) is 0. The van der Waals surface area contributed by atoms with Crippen LogP contribution in [-0.2, 0) is 6.42 Å². The Balaban J connectivity index is 2.31. The number of hydrogen-bond donors (Lipinski definition) is 1. The van der Waals surface area contributed by atoms with Crippen molar-refractivity contribution in [3.05, 3.63) is 59.4 Å². The molecular formula is C17H20FNO2. The van der Waals surface area contributed by atoms with Crippen LogP contribution in [0.1, 0.15) is 17.2 Å². The summed E-state index contributed by atoms with van der Waals surface area (Å²) in [5.41, 5.74) is 1.68. The molecule has 2 aromatic carbocycles. The molecule has 0 amide bonds. The van der Waals surface area contributed by atoms with Crippen LogP contribution in [-0.4, -0.2) is 21.3 Å². The average Bonchev–Trinajstić information content (AvgIpc) is 2.53. The van der Waals surface area contributed by atoms with Crippen molar-refractivity contribution in [2.75, 3.05) is 21.3 Å². The Bertz CT molecular complexity index is 579. The van der Waals surface area contributed by atoms with Gasteiger partial charge >= 0.3 is 0 Å². The van der Waals surface area contributed by atoms with Gasteiger partial charge in [0.1, 0.15) is 17.3 Å². The monoisotopic (exact) mass is 289 g/mol. The first-order valence-corrected chi connectivity index (χ1v) is 6.81. The van der Waals surface area contributed by atoms with Crippen LogP contribution in [0.25, 0.3) is 0 Å². The molecule has 1 atom stereocenters. The highest BCUT2D eigenvalue weighted by Gasteiger charge is 2.15. The van der Waals surface area contributed by atoms with Crippen LogP contribution in [0, 0.1) is 5.82 Å². The lowest BCUT2D eigenvalue weighted by atomic mass is 9.98. The van der Waals surface area contributed by atoms with Crippen molar-refractivity contribution in [2.45, 2.75) is 12.5 Å². The fourth-order valence-corrected chi connectivity index (χ4v) is 2.30. The molecule has 0 heterocycles. The van der Waals surface area contributed by atoms with E-state index in [1.54, 1.807) is 26.4 Å². The summed E-state index contributed by atoms with van der Waals surface area (Å²) in [6, 6.07) is 12.5. The Labute approximate surface area is 124 Å². The van der Waals surface area contributed by atoms with E-state index in [1.165, 1.54) is 6.07 Å². The molecule has 4 heteroatoms. The number of hydrogen-bond acceptors (Lipinski definition) is 3. The van der Waals surface area contributed by atoms with E-state index in [2.05, 4.69) is 5.32 Å². The van der Waals surface area contributed by atoms with Crippen LogP contribution in [0.4, 0.5) is 4.39 Å². The molecule has 21 heavy (non-hydrogen) atoms. The second-order valence-electron chi connectivity index (χ2n) is 4.78. The molecule has 0 aliphatic rings. The molecule has 0 spiro atoms. The average molecular weight is 289 g/mol. The summed E-state index contributed by atoms with van der Waals surface area (Å²) in [5.74, 6) is 1.25. The van der Waals surface area contributed by atoms with E-state index < -0.39 is 0 Å². The van der Waals surface area contributed by atoms with Crippen molar-refractivity contribution in [1.29, 1.82) is 0 Å². The zero-order valence-electron chi connectivity index (χ0n) is 12.5. The van der Waals surface area contributed by atoms with Crippen molar-refractivity contribution >= 4 is 0 Å². The van der Waals surface area contributed by atoms with Gasteiger partial charge in [0, 0.05) is 12.1 Å². The zero-order chi connectivity index (χ0) is 15.2. The number of benzene rings is 2. The lowest BCUT2D eigenvalue weighted by Gasteiger charge is -2.19. The molecule has 0 bridgehead atoms. The largest absolute Gasteiger partial charge is 0.497 e. The van der Waals surface area contributed by atoms with E-state index in [0.29, 0.717) is 12.0 Å². The maximum Gasteiger partial charge on any atom is 0.126 e. The third kappa shape index (κ3) is 3.73. The molecule has 0 saturated heterocycles. The Hall–Kier alpha value is -2.07. The van der Waals surface area contributed by atoms with Gasteiger partial charge in [0.2, 0.25) is 0 Å². The van der Waals surface area contributed by atoms with Crippen molar-refractivity contribution < 1.29 is 13.9 Å². The van der Waals surface area contributed by atoms with Crippen LogP contribution in [0.2, 0.25) is 0 Å². The molecule has 0 aliphatic carbocycles. The van der Waals surface area contributed by atoms with Gasteiger partial charge in [-0.2, -0.15) is 0 Å². The van der Waals surface area contributed by atoms with Gasteiger partial charge < -0.3 is 14.8 Å². The minimum atomic E-state index is -0.187. The lowest BCUT2D eigenvalue weighted by Crippen LogP contribution is -2.19. The second kappa shape index (κ2) is 7.09. The van der Waals surface area contributed by atoms with Gasteiger partial charge in [0.25, 0.3) is 0 Å². The Morgan fingerprint density at radius 3 is 2.19 bits per heavy atom. The molecule has 0 aliphatic heterocycles. The quantitative estimate of drug-likeness (QED) is 0.884. The van der Waals surface area contributed by atoms with Crippen LogP contribution in [0.15, 0.2) is 42.5 Å². The summed E-state index contributed by atoms with van der Waals surface area (Å²) in [6.07, 6.45) is 0.555. The minimum absolute atomic E-state index is 0.0223. The number of nitrogens with one attached hydrogen (secondary N) is 1. The minimum Gasteiger partial charge on any atom is -0.497 e. The number of methoxy groups -OCH3 is 2. The van der Waals surface area contributed by atoms with Gasteiger partial charge in [-0.05, 0) is 42.8 Å². The van der Waals surface area contributed by atoms with Crippen molar-refractivity contribution in [3.8, 4) is 11.5 Å². The molecule has 0 radical (unpaired) electrons. The van der Waals surface area contributed by atoms with Crippen LogP contribution in [0.3, 0.4) is 0 Å². The topological polar surface area (TPSA) is 30.5 Å². The van der Waals surface area contributed by atoms with Gasteiger partial charge in [-0.15, -0.1) is 0 Å². The van der Waals surface area contributed by atoms with Gasteiger partial charge in [-0.3, -0.25) is 0 Å². The smallest absolute Gasteiger partial charge is 0.126 e. The molecule has 1 unspecified atom stereocenters. The summed E-state index contributed by atoms with van der Waals surface area (Å²) in [6.45, 7) is 0. The van der Waals surface area contributed by atoms with Gasteiger partial charge in [0.15, 0.2) is 0 Å². The second-order valence-corrected chi connectivity index (χ2v) is 4.78. The normalized spacial score (nSPS) is 12.0. The number of halogens is 1. The molecule has 1 N–H and O–H groups in total. The number of likely N-dealkylation sites (N-methyl/N-ethyl adjacent to an activating group) is 1.